The number of pyridine rings is 1. The van der Waals surface area contributed by atoms with Crippen molar-refractivity contribution in [3.05, 3.63) is 24.0 Å². The zero-order valence-corrected chi connectivity index (χ0v) is 17.1. The molecule has 31 heavy (non-hydrogen) atoms. The molecule has 0 N–H and O–H groups in total. The quantitative estimate of drug-likeness (QED) is 0.318. The van der Waals surface area contributed by atoms with E-state index in [-0.39, 0.29) is 11.4 Å². The number of methoxy groups -OCH3 is 1. The molecule has 1 fully saturated rings. The lowest BCUT2D eigenvalue weighted by molar-refractivity contribution is -0.282. The van der Waals surface area contributed by atoms with Gasteiger partial charge in [-0.2, -0.15) is 0 Å². The molecule has 1 aliphatic rings. The lowest BCUT2D eigenvalue weighted by Crippen LogP contribution is -2.64. The molecule has 0 saturated carbocycles. The van der Waals surface area contributed by atoms with E-state index in [1.165, 1.54) is 18.3 Å². The summed E-state index contributed by atoms with van der Waals surface area (Å²) in [7, 11) is 1.07. The maximum atomic E-state index is 12.3. The van der Waals surface area contributed by atoms with Crippen molar-refractivity contribution in [1.29, 1.82) is 0 Å². The molecule has 1 aromatic rings. The smallest absolute Gasteiger partial charge is 0.339 e. The molecule has 12 nitrogen and oxygen atoms in total. The van der Waals surface area contributed by atoms with Gasteiger partial charge in [-0.05, 0) is 12.1 Å². The molecule has 0 bridgehead atoms. The molecular formula is C19H21NO11. The Hall–Kier alpha value is -3.54. The predicted molar refractivity (Wildman–Crippen MR) is 97.6 cm³/mol. The summed E-state index contributed by atoms with van der Waals surface area (Å²) < 4.78 is 31.5. The van der Waals surface area contributed by atoms with Crippen LogP contribution in [0.3, 0.4) is 0 Å². The second kappa shape index (κ2) is 10.5. The van der Waals surface area contributed by atoms with Crippen LogP contribution in [0.25, 0.3) is 0 Å². The van der Waals surface area contributed by atoms with Gasteiger partial charge in [0.15, 0.2) is 30.3 Å². The SMILES string of the molecule is COC(=O)[C@H]1O[C@@H](Oc2cccnc2C=O)[C@H](OC(C)=O)[C@@H](OC(C)=O)[C@@H]1OC(C)=O. The number of esters is 4. The van der Waals surface area contributed by atoms with Crippen LogP contribution in [0.15, 0.2) is 18.3 Å². The summed E-state index contributed by atoms with van der Waals surface area (Å²) in [5, 5.41) is 0. The number of hydrogen-bond donors (Lipinski definition) is 0. The van der Waals surface area contributed by atoms with Crippen molar-refractivity contribution in [2.24, 2.45) is 0 Å². The topological polar surface area (TPSA) is 154 Å². The maximum absolute atomic E-state index is 12.3. The molecule has 0 aromatic carbocycles. The Morgan fingerprint density at radius 2 is 1.55 bits per heavy atom. The van der Waals surface area contributed by atoms with E-state index in [2.05, 4.69) is 9.72 Å². The highest BCUT2D eigenvalue weighted by atomic mass is 16.7. The minimum atomic E-state index is -1.61. The molecule has 1 aliphatic heterocycles. The fourth-order valence-corrected chi connectivity index (χ4v) is 2.89. The minimum Gasteiger partial charge on any atom is -0.467 e. The van der Waals surface area contributed by atoms with Gasteiger partial charge in [-0.3, -0.25) is 19.2 Å². The summed E-state index contributed by atoms with van der Waals surface area (Å²) in [6.07, 6.45) is -5.90. The Labute approximate surface area is 176 Å². The van der Waals surface area contributed by atoms with Crippen molar-refractivity contribution in [3.8, 4) is 5.75 Å². The van der Waals surface area contributed by atoms with Crippen molar-refractivity contribution in [1.82, 2.24) is 4.98 Å². The van der Waals surface area contributed by atoms with E-state index < -0.39 is 54.6 Å². The Morgan fingerprint density at radius 3 is 2.10 bits per heavy atom. The first-order valence-corrected chi connectivity index (χ1v) is 8.99. The van der Waals surface area contributed by atoms with Gasteiger partial charge in [0.05, 0.1) is 7.11 Å². The van der Waals surface area contributed by atoms with Gasteiger partial charge in [0, 0.05) is 27.0 Å². The van der Waals surface area contributed by atoms with E-state index in [1.807, 2.05) is 0 Å². The molecule has 0 unspecified atom stereocenters. The van der Waals surface area contributed by atoms with Crippen LogP contribution in [0.4, 0.5) is 0 Å². The zero-order chi connectivity index (χ0) is 23.1. The van der Waals surface area contributed by atoms with Crippen molar-refractivity contribution in [2.75, 3.05) is 7.11 Å². The van der Waals surface area contributed by atoms with Crippen LogP contribution in [-0.4, -0.2) is 73.0 Å². The molecule has 168 valence electrons. The zero-order valence-electron chi connectivity index (χ0n) is 17.1. The summed E-state index contributed by atoms with van der Waals surface area (Å²) in [6, 6.07) is 2.85. The summed E-state index contributed by atoms with van der Waals surface area (Å²) in [5.74, 6) is -3.48. The number of ether oxygens (including phenoxy) is 6. The number of nitrogens with zero attached hydrogens (tertiary/aromatic N) is 1. The third kappa shape index (κ3) is 5.98. The number of rotatable bonds is 7. The third-order valence-corrected chi connectivity index (χ3v) is 3.99. The predicted octanol–water partition coefficient (Wildman–Crippen LogP) is -0.0341. The lowest BCUT2D eigenvalue weighted by atomic mass is 9.97. The summed E-state index contributed by atoms with van der Waals surface area (Å²) in [4.78, 5) is 62.5. The van der Waals surface area contributed by atoms with E-state index >= 15 is 0 Å². The van der Waals surface area contributed by atoms with Gasteiger partial charge in [0.25, 0.3) is 0 Å². The molecule has 0 amide bonds. The summed E-state index contributed by atoms with van der Waals surface area (Å²) in [6.45, 7) is 3.21. The Kier molecular flexibility index (Phi) is 8.02. The third-order valence-electron chi connectivity index (χ3n) is 3.99. The highest BCUT2D eigenvalue weighted by molar-refractivity contribution is 5.77. The first kappa shape index (κ1) is 23.7. The van der Waals surface area contributed by atoms with E-state index in [9.17, 15) is 24.0 Å². The van der Waals surface area contributed by atoms with Crippen molar-refractivity contribution in [2.45, 2.75) is 51.5 Å². The fraction of sp³-hybridized carbons (Fsp3) is 0.474. The first-order valence-electron chi connectivity index (χ1n) is 8.99. The highest BCUT2D eigenvalue weighted by Crippen LogP contribution is 2.31. The molecular weight excluding hydrogens is 418 g/mol. The number of carbonyl (C=O) groups is 5. The second-order valence-corrected chi connectivity index (χ2v) is 6.29. The largest absolute Gasteiger partial charge is 0.467 e. The van der Waals surface area contributed by atoms with E-state index in [4.69, 9.17) is 23.7 Å². The van der Waals surface area contributed by atoms with Gasteiger partial charge >= 0.3 is 23.9 Å². The minimum absolute atomic E-state index is 0.0595. The molecule has 0 radical (unpaired) electrons. The molecule has 2 heterocycles. The van der Waals surface area contributed by atoms with Crippen molar-refractivity contribution in [3.63, 3.8) is 0 Å². The van der Waals surface area contributed by atoms with E-state index in [0.29, 0.717) is 6.29 Å². The Balaban J connectivity index is 2.53. The molecule has 0 spiro atoms. The van der Waals surface area contributed by atoms with Gasteiger partial charge in [0.1, 0.15) is 5.69 Å². The van der Waals surface area contributed by atoms with E-state index in [1.54, 1.807) is 0 Å². The standard InChI is InChI=1S/C19H21NO11/c1-9(22)27-14-15(28-10(2)23)17(29-11(3)24)19(31-16(14)18(25)26-4)30-13-6-5-7-20-12(13)8-21/h5-8,14-17,19H,1-4H3/t14-,15-,16-,17+,19+/m0/s1. The van der Waals surface area contributed by atoms with Crippen LogP contribution < -0.4 is 4.74 Å². The lowest BCUT2D eigenvalue weighted by Gasteiger charge is -2.43. The molecule has 1 aromatic heterocycles. The molecule has 1 saturated heterocycles. The number of aromatic nitrogens is 1. The normalized spacial score (nSPS) is 25.0. The fourth-order valence-electron chi connectivity index (χ4n) is 2.89. The van der Waals surface area contributed by atoms with Gasteiger partial charge in [-0.25, -0.2) is 9.78 Å². The van der Waals surface area contributed by atoms with Crippen molar-refractivity contribution < 1.29 is 52.4 Å². The van der Waals surface area contributed by atoms with E-state index in [0.717, 1.165) is 27.9 Å². The molecule has 12 heteroatoms. The monoisotopic (exact) mass is 439 g/mol. The summed E-state index contributed by atoms with van der Waals surface area (Å²) in [5.41, 5.74) is -0.103. The molecule has 0 aliphatic carbocycles. The molecule has 2 rings (SSSR count). The van der Waals surface area contributed by atoms with Crippen LogP contribution in [0.1, 0.15) is 31.3 Å². The van der Waals surface area contributed by atoms with Gasteiger partial charge < -0.3 is 28.4 Å². The Bertz CT molecular complexity index is 855. The van der Waals surface area contributed by atoms with Crippen LogP contribution in [0, 0.1) is 0 Å². The van der Waals surface area contributed by atoms with Crippen LogP contribution in [0.2, 0.25) is 0 Å². The number of hydrogen-bond acceptors (Lipinski definition) is 12. The van der Waals surface area contributed by atoms with Crippen LogP contribution >= 0.6 is 0 Å². The van der Waals surface area contributed by atoms with Crippen LogP contribution in [-0.2, 0) is 42.9 Å². The Morgan fingerprint density at radius 1 is 0.968 bits per heavy atom. The van der Waals surface area contributed by atoms with Crippen LogP contribution in [0.5, 0.6) is 5.75 Å². The van der Waals surface area contributed by atoms with Gasteiger partial charge in [0.2, 0.25) is 12.4 Å². The average molecular weight is 439 g/mol. The van der Waals surface area contributed by atoms with Crippen molar-refractivity contribution >= 4 is 30.2 Å². The summed E-state index contributed by atoms with van der Waals surface area (Å²) >= 11 is 0. The van der Waals surface area contributed by atoms with Gasteiger partial charge in [-0.1, -0.05) is 0 Å². The molecule has 5 atom stereocenters. The maximum Gasteiger partial charge on any atom is 0.339 e. The number of aldehydes is 1. The van der Waals surface area contributed by atoms with Gasteiger partial charge in [-0.15, -0.1) is 0 Å². The first-order chi connectivity index (χ1) is 14.7. The second-order valence-electron chi connectivity index (χ2n) is 6.29. The highest BCUT2D eigenvalue weighted by Gasteiger charge is 2.55. The number of carbonyl (C=O) groups excluding carboxylic acids is 5. The average Bonchev–Trinajstić information content (AvgIpc) is 2.70.